The number of urea groups is 1. The number of hydrogen-bond donors (Lipinski definition) is 2. The maximum absolute atomic E-state index is 11.3. The summed E-state index contributed by atoms with van der Waals surface area (Å²) in [5, 5.41) is 7.94. The summed E-state index contributed by atoms with van der Waals surface area (Å²) in [5.41, 5.74) is 1.13. The van der Waals surface area contributed by atoms with E-state index in [0.29, 0.717) is 6.54 Å². The van der Waals surface area contributed by atoms with Crippen LogP contribution in [-0.2, 0) is 5.41 Å². The first-order valence-corrected chi connectivity index (χ1v) is 6.48. The van der Waals surface area contributed by atoms with E-state index in [9.17, 15) is 4.79 Å². The first-order valence-electron chi connectivity index (χ1n) is 6.48. The van der Waals surface area contributed by atoms with Gasteiger partial charge in [0.1, 0.15) is 0 Å². The normalized spacial score (nSPS) is 11.3. The summed E-state index contributed by atoms with van der Waals surface area (Å²) in [5.74, 6) is 0. The highest BCUT2D eigenvalue weighted by atomic mass is 16.2. The largest absolute Gasteiger partial charge is 0.341 e. The number of carbonyl (C=O) groups is 1. The molecule has 0 saturated heterocycles. The lowest BCUT2D eigenvalue weighted by Crippen LogP contribution is -2.41. The van der Waals surface area contributed by atoms with Crippen LogP contribution in [0.1, 0.15) is 19.4 Å². The van der Waals surface area contributed by atoms with E-state index in [0.717, 1.165) is 0 Å². The van der Waals surface area contributed by atoms with Gasteiger partial charge in [-0.3, -0.25) is 0 Å². The van der Waals surface area contributed by atoms with Gasteiger partial charge in [0.2, 0.25) is 0 Å². The molecule has 2 aromatic carbocycles. The molecule has 0 saturated carbocycles. The zero-order valence-electron chi connectivity index (χ0n) is 11.7. The fourth-order valence-corrected chi connectivity index (χ4v) is 2.30. The Morgan fingerprint density at radius 3 is 2.53 bits per heavy atom. The van der Waals surface area contributed by atoms with Gasteiger partial charge in [0, 0.05) is 19.0 Å². The number of carbonyl (C=O) groups excluding carboxylic acids is 1. The number of rotatable bonds is 3. The minimum atomic E-state index is -0.145. The third-order valence-electron chi connectivity index (χ3n) is 3.44. The van der Waals surface area contributed by atoms with Crippen LogP contribution in [0.15, 0.2) is 42.5 Å². The van der Waals surface area contributed by atoms with Crippen molar-refractivity contribution >= 4 is 16.8 Å². The molecular formula is C16H20N2O. The van der Waals surface area contributed by atoms with Crippen molar-refractivity contribution in [1.29, 1.82) is 0 Å². The zero-order valence-corrected chi connectivity index (χ0v) is 11.7. The minimum absolute atomic E-state index is 0.118. The monoisotopic (exact) mass is 256 g/mol. The molecule has 2 rings (SSSR count). The molecule has 0 unspecified atom stereocenters. The summed E-state index contributed by atoms with van der Waals surface area (Å²) in [6.45, 7) is 4.89. The van der Waals surface area contributed by atoms with Gasteiger partial charge < -0.3 is 10.6 Å². The van der Waals surface area contributed by atoms with E-state index in [1.54, 1.807) is 7.05 Å². The number of hydrogen-bond acceptors (Lipinski definition) is 1. The van der Waals surface area contributed by atoms with Crippen molar-refractivity contribution in [2.45, 2.75) is 19.3 Å². The van der Waals surface area contributed by atoms with E-state index >= 15 is 0 Å². The molecule has 100 valence electrons. The number of amides is 2. The topological polar surface area (TPSA) is 41.1 Å². The summed E-state index contributed by atoms with van der Waals surface area (Å²) < 4.78 is 0. The van der Waals surface area contributed by atoms with Gasteiger partial charge in [-0.05, 0) is 16.3 Å². The van der Waals surface area contributed by atoms with Crippen LogP contribution in [0.25, 0.3) is 10.8 Å². The van der Waals surface area contributed by atoms with E-state index in [1.807, 2.05) is 12.1 Å². The molecule has 2 aromatic rings. The van der Waals surface area contributed by atoms with Crippen LogP contribution >= 0.6 is 0 Å². The van der Waals surface area contributed by atoms with Crippen molar-refractivity contribution < 1.29 is 4.79 Å². The van der Waals surface area contributed by atoms with Gasteiger partial charge in [0.25, 0.3) is 0 Å². The lowest BCUT2D eigenvalue weighted by Gasteiger charge is -2.27. The van der Waals surface area contributed by atoms with Crippen molar-refractivity contribution in [1.82, 2.24) is 10.6 Å². The van der Waals surface area contributed by atoms with Crippen LogP contribution in [0.5, 0.6) is 0 Å². The molecular weight excluding hydrogens is 236 g/mol. The Morgan fingerprint density at radius 2 is 1.79 bits per heavy atom. The second-order valence-corrected chi connectivity index (χ2v) is 5.34. The van der Waals surface area contributed by atoms with Crippen molar-refractivity contribution in [3.8, 4) is 0 Å². The van der Waals surface area contributed by atoms with E-state index in [-0.39, 0.29) is 11.4 Å². The van der Waals surface area contributed by atoms with E-state index in [1.165, 1.54) is 16.3 Å². The van der Waals surface area contributed by atoms with E-state index in [2.05, 4.69) is 54.8 Å². The second kappa shape index (κ2) is 5.31. The Labute approximate surface area is 114 Å². The van der Waals surface area contributed by atoms with Gasteiger partial charge in [-0.25, -0.2) is 4.79 Å². The summed E-state index contributed by atoms with van der Waals surface area (Å²) in [4.78, 5) is 11.3. The number of fused-ring (bicyclic) bond motifs is 1. The molecule has 2 amide bonds. The van der Waals surface area contributed by atoms with Gasteiger partial charge in [0.05, 0.1) is 0 Å². The Kier molecular flexibility index (Phi) is 3.74. The lowest BCUT2D eigenvalue weighted by atomic mass is 9.81. The molecule has 19 heavy (non-hydrogen) atoms. The van der Waals surface area contributed by atoms with Crippen LogP contribution < -0.4 is 10.6 Å². The third kappa shape index (κ3) is 2.87. The van der Waals surface area contributed by atoms with Gasteiger partial charge >= 0.3 is 6.03 Å². The molecule has 2 N–H and O–H groups in total. The molecule has 0 aromatic heterocycles. The highest BCUT2D eigenvalue weighted by molar-refractivity contribution is 5.86. The molecule has 0 aliphatic carbocycles. The Morgan fingerprint density at radius 1 is 1.11 bits per heavy atom. The summed E-state index contributed by atoms with van der Waals surface area (Å²) in [7, 11) is 1.63. The fraction of sp³-hybridized carbons (Fsp3) is 0.312. The fourth-order valence-electron chi connectivity index (χ4n) is 2.30. The predicted molar refractivity (Wildman–Crippen MR) is 79.4 cm³/mol. The van der Waals surface area contributed by atoms with Crippen LogP contribution in [0.3, 0.4) is 0 Å². The van der Waals surface area contributed by atoms with Gasteiger partial charge in [-0.2, -0.15) is 0 Å². The van der Waals surface area contributed by atoms with Crippen molar-refractivity contribution in [3.05, 3.63) is 48.0 Å². The average molecular weight is 256 g/mol. The summed E-state index contributed by atoms with van der Waals surface area (Å²) >= 11 is 0. The molecule has 0 bridgehead atoms. The Hall–Kier alpha value is -2.03. The van der Waals surface area contributed by atoms with E-state index in [4.69, 9.17) is 0 Å². The molecule has 3 heteroatoms. The van der Waals surface area contributed by atoms with Gasteiger partial charge in [0.15, 0.2) is 0 Å². The molecule has 0 aliphatic rings. The minimum Gasteiger partial charge on any atom is -0.341 e. The quantitative estimate of drug-likeness (QED) is 0.870. The Bertz CT molecular complexity index is 585. The summed E-state index contributed by atoms with van der Waals surface area (Å²) in [6, 6.07) is 14.5. The zero-order chi connectivity index (χ0) is 13.9. The molecule has 0 heterocycles. The lowest BCUT2D eigenvalue weighted by molar-refractivity contribution is 0.240. The number of benzene rings is 2. The van der Waals surface area contributed by atoms with Gasteiger partial charge in [-0.15, -0.1) is 0 Å². The third-order valence-corrected chi connectivity index (χ3v) is 3.44. The van der Waals surface area contributed by atoms with Crippen LogP contribution in [-0.4, -0.2) is 19.6 Å². The number of nitrogens with one attached hydrogen (secondary N) is 2. The SMILES string of the molecule is CNC(=O)NCC(C)(C)c1cccc2ccccc12. The molecule has 0 aliphatic heterocycles. The summed E-state index contributed by atoms with van der Waals surface area (Å²) in [6.07, 6.45) is 0. The standard InChI is InChI=1S/C16H20N2O/c1-16(2,11-18-15(19)17-3)14-10-6-8-12-7-4-5-9-13(12)14/h4-10H,11H2,1-3H3,(H2,17,18,19). The van der Waals surface area contributed by atoms with Crippen molar-refractivity contribution in [3.63, 3.8) is 0 Å². The smallest absolute Gasteiger partial charge is 0.314 e. The van der Waals surface area contributed by atoms with Crippen LogP contribution in [0.4, 0.5) is 4.79 Å². The molecule has 0 spiro atoms. The molecule has 3 nitrogen and oxygen atoms in total. The highest BCUT2D eigenvalue weighted by Crippen LogP contribution is 2.29. The highest BCUT2D eigenvalue weighted by Gasteiger charge is 2.23. The molecule has 0 radical (unpaired) electrons. The molecule has 0 fully saturated rings. The van der Waals surface area contributed by atoms with Crippen LogP contribution in [0, 0.1) is 0 Å². The predicted octanol–water partition coefficient (Wildman–Crippen LogP) is 3.05. The van der Waals surface area contributed by atoms with Gasteiger partial charge in [-0.1, -0.05) is 56.3 Å². The van der Waals surface area contributed by atoms with Crippen molar-refractivity contribution in [2.24, 2.45) is 0 Å². The molecule has 0 atom stereocenters. The maximum Gasteiger partial charge on any atom is 0.314 e. The average Bonchev–Trinajstić information content (AvgIpc) is 2.44. The van der Waals surface area contributed by atoms with E-state index < -0.39 is 0 Å². The first kappa shape index (κ1) is 13.4. The van der Waals surface area contributed by atoms with Crippen molar-refractivity contribution in [2.75, 3.05) is 13.6 Å². The van der Waals surface area contributed by atoms with Crippen LogP contribution in [0.2, 0.25) is 0 Å². The second-order valence-electron chi connectivity index (χ2n) is 5.34. The Balaban J connectivity index is 2.34. The first-order chi connectivity index (χ1) is 9.04. The maximum atomic E-state index is 11.3.